The van der Waals surface area contributed by atoms with Crippen LogP contribution < -0.4 is 5.43 Å². The van der Waals surface area contributed by atoms with E-state index >= 15 is 0 Å². The van der Waals surface area contributed by atoms with E-state index in [0.717, 1.165) is 5.69 Å². The molecule has 0 aliphatic carbocycles. The minimum absolute atomic E-state index is 0.0629. The second kappa shape index (κ2) is 5.73. The number of hydrogen-bond donors (Lipinski definition) is 1. The minimum atomic E-state index is -0.203. The van der Waals surface area contributed by atoms with Crippen molar-refractivity contribution in [1.29, 1.82) is 0 Å². The summed E-state index contributed by atoms with van der Waals surface area (Å²) in [5, 5.41) is 4.49. The molecule has 0 spiro atoms. The molecule has 0 bridgehead atoms. The summed E-state index contributed by atoms with van der Waals surface area (Å²) in [6, 6.07) is 7.06. The van der Waals surface area contributed by atoms with Gasteiger partial charge in [0.15, 0.2) is 5.78 Å². The predicted octanol–water partition coefficient (Wildman–Crippen LogP) is 2.94. The summed E-state index contributed by atoms with van der Waals surface area (Å²) in [5.41, 5.74) is 3.79. The maximum Gasteiger partial charge on any atom is 0.193 e. The quantitative estimate of drug-likeness (QED) is 0.503. The molecular formula is C10H10Cl2N2O. The number of nitrogens with zero attached hydrogens (tertiary/aromatic N) is 1. The fourth-order valence-corrected chi connectivity index (χ4v) is 1.25. The van der Waals surface area contributed by atoms with Crippen LogP contribution in [0.5, 0.6) is 0 Å². The van der Waals surface area contributed by atoms with E-state index < -0.39 is 0 Å². The number of hydrogen-bond acceptors (Lipinski definition) is 3. The van der Waals surface area contributed by atoms with Crippen molar-refractivity contribution in [2.45, 2.75) is 6.92 Å². The highest BCUT2D eigenvalue weighted by Gasteiger charge is 2.03. The number of benzene rings is 1. The molecule has 0 fully saturated rings. The van der Waals surface area contributed by atoms with Gasteiger partial charge in [-0.1, -0.05) is 17.7 Å². The zero-order valence-corrected chi connectivity index (χ0v) is 9.64. The van der Waals surface area contributed by atoms with Crippen LogP contribution >= 0.6 is 23.2 Å². The summed E-state index contributed by atoms with van der Waals surface area (Å²) in [6.45, 7) is 1.60. The van der Waals surface area contributed by atoms with E-state index in [1.54, 1.807) is 31.2 Å². The molecule has 1 N–H and O–H groups in total. The molecule has 0 aromatic heterocycles. The molecule has 0 aliphatic heterocycles. The highest BCUT2D eigenvalue weighted by atomic mass is 35.5. The lowest BCUT2D eigenvalue weighted by Gasteiger charge is -2.01. The van der Waals surface area contributed by atoms with Crippen LogP contribution in [0.1, 0.15) is 6.92 Å². The molecule has 0 saturated carbocycles. The van der Waals surface area contributed by atoms with Gasteiger partial charge in [-0.2, -0.15) is 5.10 Å². The van der Waals surface area contributed by atoms with Crippen LogP contribution in [0.15, 0.2) is 29.4 Å². The van der Waals surface area contributed by atoms with Crippen LogP contribution in [-0.4, -0.2) is 17.4 Å². The average molecular weight is 245 g/mol. The molecule has 5 heteroatoms. The maximum absolute atomic E-state index is 11.1. The Kier molecular flexibility index (Phi) is 4.59. The minimum Gasteiger partial charge on any atom is -0.291 e. The topological polar surface area (TPSA) is 41.5 Å². The van der Waals surface area contributed by atoms with Gasteiger partial charge in [-0.25, -0.2) is 0 Å². The fraction of sp³-hybridized carbons (Fsp3) is 0.200. The Morgan fingerprint density at radius 1 is 1.53 bits per heavy atom. The molecule has 1 aromatic carbocycles. The zero-order chi connectivity index (χ0) is 11.3. The van der Waals surface area contributed by atoms with Gasteiger partial charge in [0.1, 0.15) is 5.71 Å². The van der Waals surface area contributed by atoms with Gasteiger partial charge in [-0.3, -0.25) is 10.2 Å². The Labute approximate surface area is 98.1 Å². The van der Waals surface area contributed by atoms with Crippen LogP contribution in [0.2, 0.25) is 5.02 Å². The summed E-state index contributed by atoms with van der Waals surface area (Å²) in [7, 11) is 0. The van der Waals surface area contributed by atoms with Gasteiger partial charge in [0.25, 0.3) is 0 Å². The van der Waals surface area contributed by atoms with Crippen molar-refractivity contribution in [3.8, 4) is 0 Å². The highest BCUT2D eigenvalue weighted by Crippen LogP contribution is 2.14. The molecule has 0 heterocycles. The summed E-state index contributed by atoms with van der Waals surface area (Å²) in [6.07, 6.45) is 0. The second-order valence-corrected chi connectivity index (χ2v) is 3.58. The smallest absolute Gasteiger partial charge is 0.193 e. The number of anilines is 1. The van der Waals surface area contributed by atoms with Crippen molar-refractivity contribution < 1.29 is 4.79 Å². The molecule has 0 aliphatic rings. The largest absolute Gasteiger partial charge is 0.291 e. The molecule has 0 atom stereocenters. The van der Waals surface area contributed by atoms with Crippen LogP contribution in [0.25, 0.3) is 0 Å². The summed E-state index contributed by atoms with van der Waals surface area (Å²) >= 11 is 11.1. The summed E-state index contributed by atoms with van der Waals surface area (Å²) in [4.78, 5) is 11.1. The molecule has 0 unspecified atom stereocenters. The number of halogens is 2. The van der Waals surface area contributed by atoms with Crippen molar-refractivity contribution in [1.82, 2.24) is 0 Å². The molecule has 80 valence electrons. The molecular weight excluding hydrogens is 235 g/mol. The third-order valence-electron chi connectivity index (χ3n) is 1.70. The van der Waals surface area contributed by atoms with Gasteiger partial charge in [0, 0.05) is 5.02 Å². The number of carbonyl (C=O) groups is 1. The summed E-state index contributed by atoms with van der Waals surface area (Å²) in [5.74, 6) is -0.266. The molecule has 0 radical (unpaired) electrons. The number of Topliss-reactive ketones (excluding diaryl/α,β-unsaturated/α-hetero) is 1. The van der Waals surface area contributed by atoms with Gasteiger partial charge < -0.3 is 0 Å². The van der Waals surface area contributed by atoms with Gasteiger partial charge in [-0.05, 0) is 25.1 Å². The second-order valence-electron chi connectivity index (χ2n) is 2.88. The molecule has 0 saturated heterocycles. The Morgan fingerprint density at radius 2 is 2.27 bits per heavy atom. The average Bonchev–Trinajstić information content (AvgIpc) is 2.25. The molecule has 1 aromatic rings. The van der Waals surface area contributed by atoms with Crippen LogP contribution in [0, 0.1) is 0 Å². The van der Waals surface area contributed by atoms with E-state index in [0.29, 0.717) is 10.7 Å². The van der Waals surface area contributed by atoms with E-state index in [1.165, 1.54) is 0 Å². The number of nitrogens with one attached hydrogen (secondary N) is 1. The van der Waals surface area contributed by atoms with E-state index in [1.807, 2.05) is 0 Å². The monoisotopic (exact) mass is 244 g/mol. The lowest BCUT2D eigenvalue weighted by Crippen LogP contribution is -2.13. The first-order chi connectivity index (χ1) is 7.13. The maximum atomic E-state index is 11.1. The molecule has 1 rings (SSSR count). The predicted molar refractivity (Wildman–Crippen MR) is 63.9 cm³/mol. The van der Waals surface area contributed by atoms with Crippen molar-refractivity contribution >= 4 is 40.4 Å². The van der Waals surface area contributed by atoms with E-state index in [2.05, 4.69) is 10.5 Å². The van der Waals surface area contributed by atoms with Crippen molar-refractivity contribution in [2.75, 3.05) is 11.3 Å². The fourth-order valence-electron chi connectivity index (χ4n) is 0.865. The Morgan fingerprint density at radius 3 is 2.87 bits per heavy atom. The van der Waals surface area contributed by atoms with Crippen LogP contribution in [0.4, 0.5) is 5.69 Å². The molecule has 0 amide bonds. The van der Waals surface area contributed by atoms with Gasteiger partial charge in [0.2, 0.25) is 0 Å². The third-order valence-corrected chi connectivity index (χ3v) is 2.18. The van der Waals surface area contributed by atoms with Gasteiger partial charge in [-0.15, -0.1) is 11.6 Å². The van der Waals surface area contributed by atoms with Crippen LogP contribution in [0.3, 0.4) is 0 Å². The number of hydrazone groups is 1. The lowest BCUT2D eigenvalue weighted by atomic mass is 10.3. The van der Waals surface area contributed by atoms with Crippen molar-refractivity contribution in [3.05, 3.63) is 29.3 Å². The number of carbonyl (C=O) groups excluding carboxylic acids is 1. The van der Waals surface area contributed by atoms with E-state index in [-0.39, 0.29) is 11.7 Å². The first-order valence-corrected chi connectivity index (χ1v) is 5.19. The normalized spacial score (nSPS) is 11.3. The number of alkyl halides is 1. The van der Waals surface area contributed by atoms with E-state index in [4.69, 9.17) is 23.2 Å². The Hall–Kier alpha value is -1.06. The van der Waals surface area contributed by atoms with Gasteiger partial charge in [0.05, 0.1) is 11.6 Å². The molecule has 3 nitrogen and oxygen atoms in total. The highest BCUT2D eigenvalue weighted by molar-refractivity contribution is 6.48. The van der Waals surface area contributed by atoms with Crippen LogP contribution in [-0.2, 0) is 4.79 Å². The standard InChI is InChI=1S/C10H10Cl2N2O/c1-7(10(15)6-11)13-14-9-4-2-3-8(12)5-9/h2-5,14H,6H2,1H3/b13-7-. The van der Waals surface area contributed by atoms with Crippen molar-refractivity contribution in [2.24, 2.45) is 5.10 Å². The Bertz CT molecular complexity index is 391. The zero-order valence-electron chi connectivity index (χ0n) is 8.13. The SMILES string of the molecule is C/C(=N/Nc1cccc(Cl)c1)C(=O)CCl. The third kappa shape index (κ3) is 3.90. The van der Waals surface area contributed by atoms with Crippen molar-refractivity contribution in [3.63, 3.8) is 0 Å². The first kappa shape index (κ1) is 12.0. The Balaban J connectivity index is 2.67. The lowest BCUT2D eigenvalue weighted by molar-refractivity contribution is -0.110. The molecule has 15 heavy (non-hydrogen) atoms. The number of rotatable bonds is 4. The first-order valence-electron chi connectivity index (χ1n) is 4.28. The van der Waals surface area contributed by atoms with E-state index in [9.17, 15) is 4.79 Å². The van der Waals surface area contributed by atoms with Gasteiger partial charge >= 0.3 is 0 Å². The summed E-state index contributed by atoms with van der Waals surface area (Å²) < 4.78 is 0. The number of ketones is 1.